The zero-order valence-corrected chi connectivity index (χ0v) is 15.5. The Morgan fingerprint density at radius 1 is 0.962 bits per heavy atom. The first-order valence-electron chi connectivity index (χ1n) is 8.16. The van der Waals surface area contributed by atoms with Gasteiger partial charge in [-0.1, -0.05) is 46.3 Å². The van der Waals surface area contributed by atoms with Gasteiger partial charge in [0.2, 0.25) is 0 Å². The van der Waals surface area contributed by atoms with Crippen LogP contribution in [0.4, 0.5) is 0 Å². The van der Waals surface area contributed by atoms with Crippen LogP contribution in [-0.2, 0) is 6.54 Å². The first-order valence-corrected chi connectivity index (χ1v) is 8.96. The van der Waals surface area contributed by atoms with Crippen molar-refractivity contribution >= 4 is 43.6 Å². The highest BCUT2D eigenvalue weighted by molar-refractivity contribution is 9.10. The number of benzene rings is 3. The summed E-state index contributed by atoms with van der Waals surface area (Å²) < 4.78 is 3.39. The highest BCUT2D eigenvalue weighted by atomic mass is 79.9. The molecule has 0 radical (unpaired) electrons. The van der Waals surface area contributed by atoms with E-state index in [2.05, 4.69) is 73.3 Å². The summed E-state index contributed by atoms with van der Waals surface area (Å²) in [6.07, 6.45) is 0. The molecule has 6 heteroatoms. The van der Waals surface area contributed by atoms with Gasteiger partial charge in [0, 0.05) is 38.0 Å². The largest absolute Gasteiger partial charge is 0.350 e. The van der Waals surface area contributed by atoms with E-state index >= 15 is 0 Å². The predicted molar refractivity (Wildman–Crippen MR) is 108 cm³/mol. The molecular formula is C20H17BrN5+. The van der Waals surface area contributed by atoms with Crippen LogP contribution in [-0.4, -0.2) is 10.4 Å². The normalized spacial score (nSPS) is 11.6. The van der Waals surface area contributed by atoms with Crippen molar-refractivity contribution in [1.29, 1.82) is 0 Å². The molecule has 5 nitrogen and oxygen atoms in total. The summed E-state index contributed by atoms with van der Waals surface area (Å²) >= 11 is 3.55. The fourth-order valence-corrected chi connectivity index (χ4v) is 3.77. The van der Waals surface area contributed by atoms with E-state index in [0.717, 1.165) is 27.5 Å². The number of rotatable bonds is 3. The van der Waals surface area contributed by atoms with Crippen LogP contribution < -0.4 is 11.3 Å². The van der Waals surface area contributed by atoms with Crippen LogP contribution in [0.5, 0.6) is 0 Å². The van der Waals surface area contributed by atoms with E-state index in [0.29, 0.717) is 5.84 Å². The highest BCUT2D eigenvalue weighted by Gasteiger charge is 2.15. The van der Waals surface area contributed by atoms with Crippen molar-refractivity contribution in [2.75, 3.05) is 0 Å². The number of nitrogens with zero attached hydrogens (tertiary/aromatic N) is 3. The molecular weight excluding hydrogens is 390 g/mol. The smallest absolute Gasteiger partial charge is 0.336 e. The third-order valence-corrected chi connectivity index (χ3v) is 4.96. The lowest BCUT2D eigenvalue weighted by Gasteiger charge is -2.08. The number of amidine groups is 1. The molecule has 1 heterocycles. The van der Waals surface area contributed by atoms with E-state index in [1.54, 1.807) is 0 Å². The molecule has 0 aliphatic heterocycles. The third kappa shape index (κ3) is 2.88. The minimum atomic E-state index is 0.304. The van der Waals surface area contributed by atoms with E-state index in [-0.39, 0.29) is 0 Å². The minimum absolute atomic E-state index is 0.304. The molecule has 0 saturated carbocycles. The Kier molecular flexibility index (Phi) is 4.26. The average molecular weight is 407 g/mol. The quantitative estimate of drug-likeness (QED) is 0.176. The molecule has 4 rings (SSSR count). The Balaban J connectivity index is 1.92. The summed E-state index contributed by atoms with van der Waals surface area (Å²) in [5.74, 6) is 5.43. The number of nitrogens with two attached hydrogens (primary N) is 2. The Morgan fingerprint density at radius 3 is 2.58 bits per heavy atom. The number of para-hydroxylation sites is 1. The standard InChI is InChI=1S/C20H16BrN5/c21-15-5-3-4-13(10-15)12-26-18-7-2-1-6-16(18)17-11-14(8-9-19(17)26)20(22)24-25-23/h1-11H,12H2,(H3,22,23,24)/p+1. The molecule has 0 aliphatic rings. The SMILES string of the molecule is NN=NC(=[NH2+])c1ccc2c(c1)c1ccccc1n2Cc1cccc(Br)c1. The van der Waals surface area contributed by atoms with Gasteiger partial charge < -0.3 is 4.57 Å². The maximum absolute atomic E-state index is 5.95. The Labute approximate surface area is 158 Å². The topological polar surface area (TPSA) is 81.3 Å². The number of halogens is 1. The van der Waals surface area contributed by atoms with E-state index in [4.69, 9.17) is 11.3 Å². The Hall–Kier alpha value is -2.99. The molecule has 0 bridgehead atoms. The zero-order chi connectivity index (χ0) is 18.1. The van der Waals surface area contributed by atoms with Gasteiger partial charge in [0.1, 0.15) is 0 Å². The van der Waals surface area contributed by atoms with Gasteiger partial charge in [-0.15, -0.1) is 0 Å². The second-order valence-corrected chi connectivity index (χ2v) is 6.98. The van der Waals surface area contributed by atoms with Crippen molar-refractivity contribution in [3.05, 3.63) is 82.3 Å². The maximum Gasteiger partial charge on any atom is 0.350 e. The van der Waals surface area contributed by atoms with Gasteiger partial charge in [-0.25, -0.2) is 0 Å². The van der Waals surface area contributed by atoms with Crippen LogP contribution in [0.3, 0.4) is 0 Å². The molecule has 3 aromatic carbocycles. The van der Waals surface area contributed by atoms with Gasteiger partial charge >= 0.3 is 5.84 Å². The summed E-state index contributed by atoms with van der Waals surface area (Å²) in [5, 5.41) is 15.3. The molecule has 0 unspecified atom stereocenters. The molecule has 0 spiro atoms. The van der Waals surface area contributed by atoms with Crippen LogP contribution in [0.1, 0.15) is 11.1 Å². The van der Waals surface area contributed by atoms with Gasteiger partial charge in [0.25, 0.3) is 0 Å². The lowest BCUT2D eigenvalue weighted by atomic mass is 10.1. The summed E-state index contributed by atoms with van der Waals surface area (Å²) in [7, 11) is 0. The number of hydrogen-bond donors (Lipinski definition) is 2. The van der Waals surface area contributed by atoms with Crippen molar-refractivity contribution in [2.24, 2.45) is 16.2 Å². The second-order valence-electron chi connectivity index (χ2n) is 6.07. The molecule has 0 atom stereocenters. The number of aromatic nitrogens is 1. The monoisotopic (exact) mass is 406 g/mol. The van der Waals surface area contributed by atoms with Crippen LogP contribution >= 0.6 is 15.9 Å². The molecule has 0 fully saturated rings. The van der Waals surface area contributed by atoms with Crippen LogP contribution in [0.2, 0.25) is 0 Å². The Morgan fingerprint density at radius 2 is 1.77 bits per heavy atom. The fraction of sp³-hybridized carbons (Fsp3) is 0.0500. The maximum atomic E-state index is 5.95. The van der Waals surface area contributed by atoms with Gasteiger partial charge in [-0.05, 0) is 42.0 Å². The van der Waals surface area contributed by atoms with Crippen LogP contribution in [0, 0.1) is 0 Å². The lowest BCUT2D eigenvalue weighted by Crippen LogP contribution is -2.38. The minimum Gasteiger partial charge on any atom is -0.336 e. The van der Waals surface area contributed by atoms with Gasteiger partial charge in [-0.3, -0.25) is 11.3 Å². The van der Waals surface area contributed by atoms with Crippen molar-refractivity contribution < 1.29 is 5.41 Å². The molecule has 0 saturated heterocycles. The third-order valence-electron chi connectivity index (χ3n) is 4.46. The van der Waals surface area contributed by atoms with E-state index in [9.17, 15) is 0 Å². The molecule has 0 aliphatic carbocycles. The van der Waals surface area contributed by atoms with E-state index in [1.807, 2.05) is 24.3 Å². The van der Waals surface area contributed by atoms with E-state index < -0.39 is 0 Å². The summed E-state index contributed by atoms with van der Waals surface area (Å²) in [6.45, 7) is 0.782. The van der Waals surface area contributed by atoms with Crippen molar-refractivity contribution in [1.82, 2.24) is 4.57 Å². The molecule has 4 aromatic rings. The number of hydrogen-bond acceptors (Lipinski definition) is 1. The first kappa shape index (κ1) is 16.5. The molecule has 1 aromatic heterocycles. The molecule has 4 N–H and O–H groups in total. The van der Waals surface area contributed by atoms with Crippen LogP contribution in [0.25, 0.3) is 21.8 Å². The molecule has 0 amide bonds. The van der Waals surface area contributed by atoms with Gasteiger partial charge in [0.15, 0.2) is 0 Å². The average Bonchev–Trinajstić information content (AvgIpc) is 2.96. The fourth-order valence-electron chi connectivity index (χ4n) is 3.32. The number of fused-ring (bicyclic) bond motifs is 3. The van der Waals surface area contributed by atoms with E-state index in [1.165, 1.54) is 16.5 Å². The summed E-state index contributed by atoms with van der Waals surface area (Å²) in [5.41, 5.74) is 4.36. The zero-order valence-electron chi connectivity index (χ0n) is 13.9. The summed E-state index contributed by atoms with van der Waals surface area (Å²) in [4.78, 5) is 0. The highest BCUT2D eigenvalue weighted by Crippen LogP contribution is 2.30. The first-order chi connectivity index (χ1) is 12.7. The Bertz CT molecular complexity index is 1160. The second kappa shape index (κ2) is 6.72. The van der Waals surface area contributed by atoms with Gasteiger partial charge in [-0.2, -0.15) is 0 Å². The van der Waals surface area contributed by atoms with Gasteiger partial charge in [0.05, 0.1) is 10.7 Å². The van der Waals surface area contributed by atoms with Crippen molar-refractivity contribution in [3.8, 4) is 0 Å². The molecule has 128 valence electrons. The molecule has 26 heavy (non-hydrogen) atoms. The predicted octanol–water partition coefficient (Wildman–Crippen LogP) is 3.44. The lowest BCUT2D eigenvalue weighted by molar-refractivity contribution is -0.114. The van der Waals surface area contributed by atoms with Crippen molar-refractivity contribution in [2.45, 2.75) is 6.54 Å². The summed E-state index contributed by atoms with van der Waals surface area (Å²) in [6, 6.07) is 22.8. The van der Waals surface area contributed by atoms with Crippen molar-refractivity contribution in [3.63, 3.8) is 0 Å². The van der Waals surface area contributed by atoms with Crippen LogP contribution in [0.15, 0.2) is 81.5 Å².